The van der Waals surface area contributed by atoms with Crippen molar-refractivity contribution in [3.63, 3.8) is 0 Å². The van der Waals surface area contributed by atoms with E-state index in [1.165, 1.54) is 0 Å². The van der Waals surface area contributed by atoms with Crippen LogP contribution in [-0.2, 0) is 4.74 Å². The zero-order valence-electron chi connectivity index (χ0n) is 15.1. The number of hydrogen-bond acceptors (Lipinski definition) is 7. The van der Waals surface area contributed by atoms with Crippen LogP contribution in [0.25, 0.3) is 0 Å². The van der Waals surface area contributed by atoms with Gasteiger partial charge in [-0.15, -0.1) is 0 Å². The highest BCUT2D eigenvalue weighted by molar-refractivity contribution is 5.38. The Balaban J connectivity index is 1.62. The molecule has 0 aromatic carbocycles. The molecule has 0 aliphatic carbocycles. The standard InChI is InChI=1S/C18H30N4O3/c1-13(2)20-11-14-17(18(24)15(12-23)25-14)22-9-7-21(8-10-22)16-5-3-4-6-19-16/h3-6,13-15,17-18,20,23-24H,7-12H2,1-2H3. The minimum atomic E-state index is -0.662. The highest BCUT2D eigenvalue weighted by Gasteiger charge is 2.46. The summed E-state index contributed by atoms with van der Waals surface area (Å²) in [5, 5.41) is 23.5. The number of aliphatic hydroxyl groups excluding tert-OH is 2. The topological polar surface area (TPSA) is 81.1 Å². The normalized spacial score (nSPS) is 31.0. The van der Waals surface area contributed by atoms with E-state index in [2.05, 4.69) is 33.9 Å². The van der Waals surface area contributed by atoms with Gasteiger partial charge < -0.3 is 25.2 Å². The number of pyridine rings is 1. The van der Waals surface area contributed by atoms with Crippen LogP contribution in [0.1, 0.15) is 13.8 Å². The molecule has 0 amide bonds. The Hall–Kier alpha value is -1.25. The van der Waals surface area contributed by atoms with E-state index in [9.17, 15) is 10.2 Å². The maximum atomic E-state index is 10.6. The van der Waals surface area contributed by atoms with Crippen molar-refractivity contribution in [3.8, 4) is 0 Å². The summed E-state index contributed by atoms with van der Waals surface area (Å²) < 4.78 is 5.92. The van der Waals surface area contributed by atoms with Crippen molar-refractivity contribution >= 4 is 5.82 Å². The Kier molecular flexibility index (Phi) is 6.24. The lowest BCUT2D eigenvalue weighted by molar-refractivity contribution is -0.0216. The van der Waals surface area contributed by atoms with Crippen LogP contribution in [0.3, 0.4) is 0 Å². The first-order chi connectivity index (χ1) is 12.1. The fourth-order valence-electron chi connectivity index (χ4n) is 3.74. The summed E-state index contributed by atoms with van der Waals surface area (Å²) in [5.74, 6) is 0.997. The average molecular weight is 350 g/mol. The van der Waals surface area contributed by atoms with Crippen molar-refractivity contribution in [2.75, 3.05) is 44.2 Å². The summed E-state index contributed by atoms with van der Waals surface area (Å²) in [5.41, 5.74) is 0. The van der Waals surface area contributed by atoms with Crippen LogP contribution < -0.4 is 10.2 Å². The minimum Gasteiger partial charge on any atom is -0.394 e. The molecule has 2 aliphatic rings. The second-order valence-electron chi connectivity index (χ2n) is 7.15. The van der Waals surface area contributed by atoms with E-state index in [1.54, 1.807) is 0 Å². The number of ether oxygens (including phenoxy) is 1. The van der Waals surface area contributed by atoms with E-state index < -0.39 is 12.2 Å². The number of aliphatic hydroxyl groups is 2. The fraction of sp³-hybridized carbons (Fsp3) is 0.722. The molecule has 0 bridgehead atoms. The molecule has 3 rings (SSSR count). The molecule has 3 heterocycles. The van der Waals surface area contributed by atoms with Crippen molar-refractivity contribution in [3.05, 3.63) is 24.4 Å². The predicted molar refractivity (Wildman–Crippen MR) is 96.7 cm³/mol. The number of nitrogens with one attached hydrogen (secondary N) is 1. The molecule has 4 unspecified atom stereocenters. The van der Waals surface area contributed by atoms with Gasteiger partial charge in [-0.2, -0.15) is 0 Å². The first-order valence-corrected chi connectivity index (χ1v) is 9.18. The van der Waals surface area contributed by atoms with Crippen LogP contribution in [0.5, 0.6) is 0 Å². The number of rotatable bonds is 6. The van der Waals surface area contributed by atoms with Crippen LogP contribution in [-0.4, -0.2) is 89.8 Å². The van der Waals surface area contributed by atoms with E-state index in [4.69, 9.17) is 4.74 Å². The van der Waals surface area contributed by atoms with Crippen LogP contribution in [0, 0.1) is 0 Å². The van der Waals surface area contributed by atoms with Gasteiger partial charge in [-0.3, -0.25) is 4.90 Å². The average Bonchev–Trinajstić information content (AvgIpc) is 2.96. The number of hydrogen-bond donors (Lipinski definition) is 3. The maximum absolute atomic E-state index is 10.6. The first-order valence-electron chi connectivity index (χ1n) is 9.18. The van der Waals surface area contributed by atoms with Crippen molar-refractivity contribution < 1.29 is 14.9 Å². The second kappa shape index (κ2) is 8.42. The van der Waals surface area contributed by atoms with Gasteiger partial charge in [0.1, 0.15) is 18.0 Å². The summed E-state index contributed by atoms with van der Waals surface area (Å²) in [6.07, 6.45) is 0.537. The van der Waals surface area contributed by atoms with Crippen LogP contribution in [0.4, 0.5) is 5.82 Å². The van der Waals surface area contributed by atoms with Crippen LogP contribution in [0.2, 0.25) is 0 Å². The minimum absolute atomic E-state index is 0.0886. The van der Waals surface area contributed by atoms with Crippen molar-refractivity contribution in [1.82, 2.24) is 15.2 Å². The third-order valence-corrected chi connectivity index (χ3v) is 5.08. The maximum Gasteiger partial charge on any atom is 0.128 e. The third kappa shape index (κ3) is 4.30. The molecule has 0 radical (unpaired) electrons. The zero-order chi connectivity index (χ0) is 17.8. The quantitative estimate of drug-likeness (QED) is 0.649. The molecule has 0 spiro atoms. The van der Waals surface area contributed by atoms with Gasteiger partial charge in [0, 0.05) is 45.0 Å². The van der Waals surface area contributed by atoms with E-state index in [1.807, 2.05) is 24.4 Å². The molecule has 4 atom stereocenters. The summed E-state index contributed by atoms with van der Waals surface area (Å²) >= 11 is 0. The van der Waals surface area contributed by atoms with Crippen LogP contribution in [0.15, 0.2) is 24.4 Å². The molecule has 140 valence electrons. The van der Waals surface area contributed by atoms with Gasteiger partial charge >= 0.3 is 0 Å². The Bertz CT molecular complexity index is 522. The SMILES string of the molecule is CC(C)NCC1OC(CO)C(O)C1N1CCN(c2ccccn2)CC1. The fourth-order valence-corrected chi connectivity index (χ4v) is 3.74. The van der Waals surface area contributed by atoms with E-state index in [-0.39, 0.29) is 18.8 Å². The lowest BCUT2D eigenvalue weighted by Crippen LogP contribution is -2.57. The molecule has 2 saturated heterocycles. The first kappa shape index (κ1) is 18.5. The summed E-state index contributed by atoms with van der Waals surface area (Å²) in [6.45, 7) is 8.14. The molecule has 25 heavy (non-hydrogen) atoms. The van der Waals surface area contributed by atoms with E-state index in [0.717, 1.165) is 32.0 Å². The third-order valence-electron chi connectivity index (χ3n) is 5.08. The molecular formula is C18H30N4O3. The van der Waals surface area contributed by atoms with Gasteiger partial charge in [-0.25, -0.2) is 4.98 Å². The number of aromatic nitrogens is 1. The van der Waals surface area contributed by atoms with Gasteiger partial charge in [0.15, 0.2) is 0 Å². The van der Waals surface area contributed by atoms with Crippen molar-refractivity contribution in [2.24, 2.45) is 0 Å². The molecule has 3 N–H and O–H groups in total. The molecule has 1 aromatic heterocycles. The van der Waals surface area contributed by atoms with Gasteiger partial charge in [0.25, 0.3) is 0 Å². The molecule has 2 aliphatic heterocycles. The molecule has 7 heteroatoms. The Morgan fingerprint density at radius 2 is 2.00 bits per heavy atom. The summed E-state index contributed by atoms with van der Waals surface area (Å²) in [6, 6.07) is 6.22. The monoisotopic (exact) mass is 350 g/mol. The number of anilines is 1. The molecular weight excluding hydrogens is 320 g/mol. The number of nitrogens with zero attached hydrogens (tertiary/aromatic N) is 3. The second-order valence-corrected chi connectivity index (χ2v) is 7.15. The van der Waals surface area contributed by atoms with E-state index >= 15 is 0 Å². The van der Waals surface area contributed by atoms with Crippen LogP contribution >= 0.6 is 0 Å². The largest absolute Gasteiger partial charge is 0.394 e. The molecule has 2 fully saturated rings. The van der Waals surface area contributed by atoms with Gasteiger partial charge in [0.05, 0.1) is 18.8 Å². The van der Waals surface area contributed by atoms with Crippen molar-refractivity contribution in [2.45, 2.75) is 44.2 Å². The van der Waals surface area contributed by atoms with Gasteiger partial charge in [-0.1, -0.05) is 19.9 Å². The Morgan fingerprint density at radius 1 is 1.24 bits per heavy atom. The van der Waals surface area contributed by atoms with Crippen molar-refractivity contribution in [1.29, 1.82) is 0 Å². The Labute approximate surface area is 149 Å². The Morgan fingerprint density at radius 3 is 2.60 bits per heavy atom. The number of piperazine rings is 1. The smallest absolute Gasteiger partial charge is 0.128 e. The zero-order valence-corrected chi connectivity index (χ0v) is 15.1. The predicted octanol–water partition coefficient (Wildman–Crippen LogP) is -0.309. The highest BCUT2D eigenvalue weighted by atomic mass is 16.5. The molecule has 1 aromatic rings. The lowest BCUT2D eigenvalue weighted by atomic mass is 10.0. The lowest BCUT2D eigenvalue weighted by Gasteiger charge is -2.40. The highest BCUT2D eigenvalue weighted by Crippen LogP contribution is 2.27. The van der Waals surface area contributed by atoms with Gasteiger partial charge in [0.2, 0.25) is 0 Å². The van der Waals surface area contributed by atoms with E-state index in [0.29, 0.717) is 12.6 Å². The molecule has 7 nitrogen and oxygen atoms in total. The summed E-state index contributed by atoms with van der Waals surface area (Å²) in [4.78, 5) is 8.98. The van der Waals surface area contributed by atoms with Gasteiger partial charge in [-0.05, 0) is 12.1 Å². The summed E-state index contributed by atoms with van der Waals surface area (Å²) in [7, 11) is 0. The molecule has 0 saturated carbocycles.